The summed E-state index contributed by atoms with van der Waals surface area (Å²) in [5.41, 5.74) is 0.195. The number of carbonyl (C=O) groups is 1. The Bertz CT molecular complexity index is 439. The number of aliphatic hydroxyl groups excluding tert-OH is 1. The summed E-state index contributed by atoms with van der Waals surface area (Å²) in [6, 6.07) is 0.0460. The molecule has 0 spiro atoms. The van der Waals surface area contributed by atoms with Crippen molar-refractivity contribution in [2.24, 2.45) is 0 Å². The number of carbonyl (C=O) groups excluding carboxylic acids is 1. The van der Waals surface area contributed by atoms with Gasteiger partial charge in [-0.05, 0) is 12.8 Å². The van der Waals surface area contributed by atoms with E-state index in [1.807, 2.05) is 4.90 Å². The first-order valence-electron chi connectivity index (χ1n) is 6.54. The number of aliphatic hydroxyl groups is 1. The standard InChI is InChI=1S/C13H19N3O3/c1-19-13(18)11-7-14-8-12(15-11)16-6-4-2-3-5-10(16)9-17/h7-8,10,17H,2-6,9H2,1H3. The fraction of sp³-hybridized carbons (Fsp3) is 0.615. The molecule has 0 radical (unpaired) electrons. The summed E-state index contributed by atoms with van der Waals surface area (Å²) in [5, 5.41) is 9.49. The van der Waals surface area contributed by atoms with Crippen molar-refractivity contribution in [2.75, 3.05) is 25.2 Å². The van der Waals surface area contributed by atoms with Gasteiger partial charge in [0.25, 0.3) is 0 Å². The maximum Gasteiger partial charge on any atom is 0.358 e. The van der Waals surface area contributed by atoms with Crippen molar-refractivity contribution in [2.45, 2.75) is 31.7 Å². The van der Waals surface area contributed by atoms with Crippen LogP contribution in [0.3, 0.4) is 0 Å². The minimum absolute atomic E-state index is 0.0460. The van der Waals surface area contributed by atoms with Gasteiger partial charge in [-0.15, -0.1) is 0 Å². The molecule has 19 heavy (non-hydrogen) atoms. The summed E-state index contributed by atoms with van der Waals surface area (Å²) in [6.45, 7) is 0.911. The van der Waals surface area contributed by atoms with E-state index < -0.39 is 5.97 Å². The third-order valence-electron chi connectivity index (χ3n) is 3.40. The Hall–Kier alpha value is -1.69. The maximum atomic E-state index is 11.5. The third-order valence-corrected chi connectivity index (χ3v) is 3.40. The average molecular weight is 265 g/mol. The fourth-order valence-electron chi connectivity index (χ4n) is 2.37. The van der Waals surface area contributed by atoms with Crippen LogP contribution in [0.5, 0.6) is 0 Å². The molecular weight excluding hydrogens is 246 g/mol. The lowest BCUT2D eigenvalue weighted by Gasteiger charge is -2.29. The minimum Gasteiger partial charge on any atom is -0.464 e. The maximum absolute atomic E-state index is 11.5. The van der Waals surface area contributed by atoms with Gasteiger partial charge in [0.15, 0.2) is 5.69 Å². The zero-order valence-electron chi connectivity index (χ0n) is 11.1. The third kappa shape index (κ3) is 3.20. The molecule has 2 rings (SSSR count). The first kappa shape index (κ1) is 13.7. The number of esters is 1. The number of hydrogen-bond donors (Lipinski definition) is 1. The van der Waals surface area contributed by atoms with Gasteiger partial charge >= 0.3 is 5.97 Å². The zero-order chi connectivity index (χ0) is 13.7. The Labute approximate surface area is 112 Å². The van der Waals surface area contributed by atoms with E-state index in [9.17, 15) is 9.90 Å². The van der Waals surface area contributed by atoms with E-state index in [2.05, 4.69) is 14.7 Å². The second-order valence-electron chi connectivity index (χ2n) is 4.63. The van der Waals surface area contributed by atoms with Crippen molar-refractivity contribution in [3.05, 3.63) is 18.1 Å². The molecule has 0 saturated carbocycles. The van der Waals surface area contributed by atoms with E-state index in [4.69, 9.17) is 0 Å². The summed E-state index contributed by atoms with van der Waals surface area (Å²) in [6.07, 6.45) is 7.26. The van der Waals surface area contributed by atoms with Crippen LogP contribution >= 0.6 is 0 Å². The molecule has 1 aromatic heterocycles. The lowest BCUT2D eigenvalue weighted by molar-refractivity contribution is 0.0593. The quantitative estimate of drug-likeness (QED) is 0.822. The molecule has 6 nitrogen and oxygen atoms in total. The molecule has 1 aliphatic heterocycles. The summed E-state index contributed by atoms with van der Waals surface area (Å²) < 4.78 is 4.65. The van der Waals surface area contributed by atoms with Crippen LogP contribution in [0.25, 0.3) is 0 Å². The molecule has 1 atom stereocenters. The van der Waals surface area contributed by atoms with E-state index in [0.717, 1.165) is 32.2 Å². The Balaban J connectivity index is 2.25. The predicted molar refractivity (Wildman–Crippen MR) is 70.1 cm³/mol. The lowest BCUT2D eigenvalue weighted by Crippen LogP contribution is -2.38. The van der Waals surface area contributed by atoms with Gasteiger partial charge in [-0.3, -0.25) is 4.98 Å². The number of methoxy groups -OCH3 is 1. The second kappa shape index (κ2) is 6.47. The lowest BCUT2D eigenvalue weighted by atomic mass is 10.1. The Morgan fingerprint density at radius 1 is 1.47 bits per heavy atom. The van der Waals surface area contributed by atoms with Crippen molar-refractivity contribution in [3.63, 3.8) is 0 Å². The molecule has 1 fully saturated rings. The molecule has 1 saturated heterocycles. The smallest absolute Gasteiger partial charge is 0.358 e. The van der Waals surface area contributed by atoms with E-state index in [1.165, 1.54) is 13.3 Å². The van der Waals surface area contributed by atoms with Crippen molar-refractivity contribution in [1.29, 1.82) is 0 Å². The Morgan fingerprint density at radius 2 is 2.32 bits per heavy atom. The molecule has 6 heteroatoms. The number of ether oxygens (including phenoxy) is 1. The van der Waals surface area contributed by atoms with Crippen LogP contribution in [-0.4, -0.2) is 47.3 Å². The highest BCUT2D eigenvalue weighted by Gasteiger charge is 2.22. The molecule has 1 aliphatic rings. The summed E-state index contributed by atoms with van der Waals surface area (Å²) in [7, 11) is 1.32. The molecule has 0 amide bonds. The summed E-state index contributed by atoms with van der Waals surface area (Å²) in [4.78, 5) is 21.8. The number of aromatic nitrogens is 2. The van der Waals surface area contributed by atoms with Gasteiger partial charge in [0.2, 0.25) is 0 Å². The van der Waals surface area contributed by atoms with Gasteiger partial charge in [0.05, 0.1) is 32.2 Å². The molecule has 1 aromatic rings. The molecule has 104 valence electrons. The summed E-state index contributed by atoms with van der Waals surface area (Å²) in [5.74, 6) is 0.133. The number of nitrogens with zero attached hydrogens (tertiary/aromatic N) is 3. The molecule has 0 bridgehead atoms. The van der Waals surface area contributed by atoms with Gasteiger partial charge in [-0.2, -0.15) is 0 Å². The molecular formula is C13H19N3O3. The van der Waals surface area contributed by atoms with Gasteiger partial charge in [0, 0.05) is 6.54 Å². The van der Waals surface area contributed by atoms with Crippen LogP contribution in [-0.2, 0) is 4.74 Å². The van der Waals surface area contributed by atoms with Crippen LogP contribution in [0.2, 0.25) is 0 Å². The van der Waals surface area contributed by atoms with Crippen molar-refractivity contribution < 1.29 is 14.6 Å². The second-order valence-corrected chi connectivity index (χ2v) is 4.63. The monoisotopic (exact) mass is 265 g/mol. The fourth-order valence-corrected chi connectivity index (χ4v) is 2.37. The SMILES string of the molecule is COC(=O)c1cncc(N2CCCCCC2CO)n1. The van der Waals surface area contributed by atoms with Gasteiger partial charge < -0.3 is 14.7 Å². The van der Waals surface area contributed by atoms with Crippen LogP contribution in [0, 0.1) is 0 Å². The average Bonchev–Trinajstić information content (AvgIpc) is 2.71. The number of hydrogen-bond acceptors (Lipinski definition) is 6. The minimum atomic E-state index is -0.496. The highest BCUT2D eigenvalue weighted by atomic mass is 16.5. The van der Waals surface area contributed by atoms with Crippen LogP contribution < -0.4 is 4.90 Å². The molecule has 0 aliphatic carbocycles. The predicted octanol–water partition coefficient (Wildman–Crippen LogP) is 1.00. The van der Waals surface area contributed by atoms with Crippen LogP contribution in [0.15, 0.2) is 12.4 Å². The van der Waals surface area contributed by atoms with Crippen molar-refractivity contribution >= 4 is 11.8 Å². The highest BCUT2D eigenvalue weighted by Crippen LogP contribution is 2.22. The topological polar surface area (TPSA) is 75.5 Å². The zero-order valence-corrected chi connectivity index (χ0v) is 11.1. The number of rotatable bonds is 3. The summed E-state index contributed by atoms with van der Waals surface area (Å²) >= 11 is 0. The molecule has 2 heterocycles. The van der Waals surface area contributed by atoms with Crippen LogP contribution in [0.4, 0.5) is 5.82 Å². The largest absolute Gasteiger partial charge is 0.464 e. The van der Waals surface area contributed by atoms with Crippen molar-refractivity contribution in [1.82, 2.24) is 9.97 Å². The molecule has 1 unspecified atom stereocenters. The van der Waals surface area contributed by atoms with Crippen molar-refractivity contribution in [3.8, 4) is 0 Å². The van der Waals surface area contributed by atoms with Crippen LogP contribution in [0.1, 0.15) is 36.2 Å². The van der Waals surface area contributed by atoms with E-state index >= 15 is 0 Å². The van der Waals surface area contributed by atoms with Gasteiger partial charge in [0.1, 0.15) is 5.82 Å². The van der Waals surface area contributed by atoms with E-state index in [1.54, 1.807) is 6.20 Å². The first-order valence-corrected chi connectivity index (χ1v) is 6.54. The molecule has 0 aromatic carbocycles. The Morgan fingerprint density at radius 3 is 3.05 bits per heavy atom. The Kier molecular flexibility index (Phi) is 4.68. The molecule has 1 N–H and O–H groups in total. The normalized spacial score (nSPS) is 19.9. The van der Waals surface area contributed by atoms with Gasteiger partial charge in [-0.25, -0.2) is 9.78 Å². The van der Waals surface area contributed by atoms with E-state index in [0.29, 0.717) is 5.82 Å². The highest BCUT2D eigenvalue weighted by molar-refractivity contribution is 5.87. The first-order chi connectivity index (χ1) is 9.26. The van der Waals surface area contributed by atoms with Gasteiger partial charge in [-0.1, -0.05) is 12.8 Å². The number of anilines is 1. The van der Waals surface area contributed by atoms with E-state index in [-0.39, 0.29) is 18.3 Å².